The number of anilines is 1. The molecule has 7 rings (SSSR count). The van der Waals surface area contributed by atoms with E-state index in [1.807, 2.05) is 30.6 Å². The second kappa shape index (κ2) is 7.06. The molecule has 0 bridgehead atoms. The van der Waals surface area contributed by atoms with Crippen LogP contribution in [-0.2, 0) is 4.79 Å². The van der Waals surface area contributed by atoms with Crippen LogP contribution in [0.5, 0.6) is 0 Å². The Hall–Kier alpha value is -2.89. The number of imidazole rings is 1. The van der Waals surface area contributed by atoms with Gasteiger partial charge in [0.15, 0.2) is 0 Å². The van der Waals surface area contributed by atoms with Crippen LogP contribution in [0.15, 0.2) is 42.9 Å². The Morgan fingerprint density at radius 3 is 2.97 bits per heavy atom. The average molecular weight is 456 g/mol. The number of carbonyl (C=O) groups excluding carboxylic acids is 1. The number of hydrogen-bond acceptors (Lipinski definition) is 3. The van der Waals surface area contributed by atoms with Crippen LogP contribution >= 0.6 is 0 Å². The molecule has 1 aliphatic heterocycles. The largest absolute Gasteiger partial charge is 0.328 e. The highest BCUT2D eigenvalue weighted by atomic mass is 16.1. The second-order valence-corrected chi connectivity index (χ2v) is 11.7. The SMILES string of the molecule is C[C@]12CC[C@H]3[C@@H](CCC4n5ccnc5C=C[C@@]43C)[C@@H]1CC[C@@H]2C(=O)Nc1ccc2cn[nH]c2c1. The molecule has 1 amide bonds. The number of fused-ring (bicyclic) bond motifs is 8. The molecule has 4 aliphatic rings. The highest BCUT2D eigenvalue weighted by Crippen LogP contribution is 2.67. The molecule has 6 nitrogen and oxygen atoms in total. The minimum atomic E-state index is 0.0867. The van der Waals surface area contributed by atoms with E-state index in [0.29, 0.717) is 23.8 Å². The zero-order valence-electron chi connectivity index (χ0n) is 20.0. The van der Waals surface area contributed by atoms with E-state index in [2.05, 4.69) is 57.3 Å². The summed E-state index contributed by atoms with van der Waals surface area (Å²) in [6, 6.07) is 6.51. The van der Waals surface area contributed by atoms with Gasteiger partial charge < -0.3 is 9.88 Å². The van der Waals surface area contributed by atoms with Gasteiger partial charge in [-0.3, -0.25) is 9.89 Å². The fraction of sp³-hybridized carbons (Fsp3) is 0.536. The van der Waals surface area contributed by atoms with Crippen LogP contribution < -0.4 is 5.32 Å². The van der Waals surface area contributed by atoms with Gasteiger partial charge in [0.05, 0.1) is 11.7 Å². The lowest BCUT2D eigenvalue weighted by atomic mass is 9.48. The number of allylic oxidation sites excluding steroid dienone is 1. The maximum absolute atomic E-state index is 13.5. The van der Waals surface area contributed by atoms with E-state index in [9.17, 15) is 4.79 Å². The Morgan fingerprint density at radius 2 is 2.06 bits per heavy atom. The highest BCUT2D eigenvalue weighted by molar-refractivity contribution is 5.95. The number of benzene rings is 1. The number of aromatic amines is 1. The summed E-state index contributed by atoms with van der Waals surface area (Å²) in [6.45, 7) is 4.91. The average Bonchev–Trinajstić information content (AvgIpc) is 3.55. The predicted octanol–water partition coefficient (Wildman–Crippen LogP) is 5.82. The standard InChI is InChI=1S/C28H33N5O/c1-27-11-9-21-19(5-8-24-28(21,2)12-10-25-29-13-14-33(24)25)20(27)6-7-22(27)26(34)31-18-4-3-17-16-30-32-23(17)15-18/h3-4,10,12-16,19-22,24H,5-9,11H2,1-2H3,(H,30,32)(H,31,34)/t19-,20-,21-,22+,24?,27-,28+/m0/s1. The molecule has 0 saturated heterocycles. The third kappa shape index (κ3) is 2.71. The Labute approximate surface area is 200 Å². The van der Waals surface area contributed by atoms with Gasteiger partial charge in [0, 0.05) is 40.8 Å². The quantitative estimate of drug-likeness (QED) is 0.511. The van der Waals surface area contributed by atoms with Gasteiger partial charge in [-0.05, 0) is 86.0 Å². The van der Waals surface area contributed by atoms with Gasteiger partial charge in [-0.15, -0.1) is 0 Å². The molecule has 0 spiro atoms. The summed E-state index contributed by atoms with van der Waals surface area (Å²) in [5, 5.41) is 11.4. The third-order valence-electron chi connectivity index (χ3n) is 10.4. The van der Waals surface area contributed by atoms with Crippen LogP contribution in [0.1, 0.15) is 64.2 Å². The van der Waals surface area contributed by atoms with Gasteiger partial charge in [0.1, 0.15) is 5.82 Å². The summed E-state index contributed by atoms with van der Waals surface area (Å²) in [6.07, 6.45) is 17.7. The van der Waals surface area contributed by atoms with Crippen LogP contribution in [0, 0.1) is 34.5 Å². The molecule has 2 aromatic heterocycles. The van der Waals surface area contributed by atoms with Gasteiger partial charge >= 0.3 is 0 Å². The number of hydrogen-bond donors (Lipinski definition) is 2. The monoisotopic (exact) mass is 455 g/mol. The minimum absolute atomic E-state index is 0.0867. The molecular weight excluding hydrogens is 422 g/mol. The van der Waals surface area contributed by atoms with Crippen LogP contribution in [-0.4, -0.2) is 25.7 Å². The molecule has 7 atom stereocenters. The van der Waals surface area contributed by atoms with E-state index in [4.69, 9.17) is 0 Å². The molecule has 3 aliphatic carbocycles. The van der Waals surface area contributed by atoms with Crippen LogP contribution in [0.25, 0.3) is 17.0 Å². The predicted molar refractivity (Wildman–Crippen MR) is 133 cm³/mol. The summed E-state index contributed by atoms with van der Waals surface area (Å²) < 4.78 is 2.42. The highest BCUT2D eigenvalue weighted by Gasteiger charge is 2.61. The van der Waals surface area contributed by atoms with Gasteiger partial charge in [-0.2, -0.15) is 5.10 Å². The van der Waals surface area contributed by atoms with E-state index >= 15 is 0 Å². The maximum atomic E-state index is 13.5. The lowest BCUT2D eigenvalue weighted by Gasteiger charge is -2.59. The zero-order valence-corrected chi connectivity index (χ0v) is 20.0. The van der Waals surface area contributed by atoms with Crippen molar-refractivity contribution >= 4 is 28.6 Å². The number of rotatable bonds is 2. The van der Waals surface area contributed by atoms with Crippen molar-refractivity contribution in [2.75, 3.05) is 5.32 Å². The molecule has 176 valence electrons. The van der Waals surface area contributed by atoms with E-state index in [-0.39, 0.29) is 22.7 Å². The lowest BCUT2D eigenvalue weighted by Crippen LogP contribution is -2.53. The van der Waals surface area contributed by atoms with E-state index in [0.717, 1.165) is 35.3 Å². The summed E-state index contributed by atoms with van der Waals surface area (Å²) in [5.41, 5.74) is 2.09. The van der Waals surface area contributed by atoms with Crippen LogP contribution in [0.3, 0.4) is 0 Å². The summed E-state index contributed by atoms with van der Waals surface area (Å²) in [4.78, 5) is 18.1. The van der Waals surface area contributed by atoms with Crippen molar-refractivity contribution in [1.29, 1.82) is 0 Å². The lowest BCUT2D eigenvalue weighted by molar-refractivity contribution is -0.127. The first-order valence-corrected chi connectivity index (χ1v) is 12.9. The minimum Gasteiger partial charge on any atom is -0.328 e. The number of nitrogens with zero attached hydrogens (tertiary/aromatic N) is 3. The normalized spacial score (nSPS) is 38.1. The number of carbonyl (C=O) groups is 1. The van der Waals surface area contributed by atoms with Gasteiger partial charge in [-0.1, -0.05) is 19.9 Å². The molecule has 3 fully saturated rings. The Kier molecular flexibility index (Phi) is 4.25. The summed E-state index contributed by atoms with van der Waals surface area (Å²) in [7, 11) is 0. The molecule has 0 radical (unpaired) electrons. The fourth-order valence-electron chi connectivity index (χ4n) is 8.69. The molecule has 1 unspecified atom stereocenters. The fourth-order valence-corrected chi connectivity index (χ4v) is 8.69. The molecule has 6 heteroatoms. The van der Waals surface area contributed by atoms with Crippen LogP contribution in [0.2, 0.25) is 0 Å². The van der Waals surface area contributed by atoms with Gasteiger partial charge in [-0.25, -0.2) is 4.98 Å². The first kappa shape index (κ1) is 20.5. The van der Waals surface area contributed by atoms with Crippen molar-refractivity contribution in [3.8, 4) is 0 Å². The van der Waals surface area contributed by atoms with Crippen molar-refractivity contribution in [3.63, 3.8) is 0 Å². The van der Waals surface area contributed by atoms with E-state index in [1.54, 1.807) is 0 Å². The molecule has 1 aromatic carbocycles. The van der Waals surface area contributed by atoms with Crippen LogP contribution in [0.4, 0.5) is 5.69 Å². The molecular formula is C28H33N5O. The second-order valence-electron chi connectivity index (χ2n) is 11.7. The number of amides is 1. The smallest absolute Gasteiger partial charge is 0.228 e. The molecule has 3 aromatic rings. The molecule has 3 saturated carbocycles. The van der Waals surface area contributed by atoms with Crippen molar-refractivity contribution < 1.29 is 4.79 Å². The Bertz CT molecular complexity index is 1300. The summed E-state index contributed by atoms with van der Waals surface area (Å²) >= 11 is 0. The topological polar surface area (TPSA) is 75.6 Å². The third-order valence-corrected chi connectivity index (χ3v) is 10.4. The Morgan fingerprint density at radius 1 is 1.15 bits per heavy atom. The van der Waals surface area contributed by atoms with E-state index in [1.165, 1.54) is 25.7 Å². The number of aromatic nitrogens is 4. The first-order valence-electron chi connectivity index (χ1n) is 12.9. The van der Waals surface area contributed by atoms with Crippen molar-refractivity contribution in [1.82, 2.24) is 19.7 Å². The maximum Gasteiger partial charge on any atom is 0.228 e. The molecule has 3 heterocycles. The zero-order chi connectivity index (χ0) is 23.1. The van der Waals surface area contributed by atoms with Gasteiger partial charge in [0.2, 0.25) is 5.91 Å². The van der Waals surface area contributed by atoms with Crippen molar-refractivity contribution in [3.05, 3.63) is 48.7 Å². The van der Waals surface area contributed by atoms with Gasteiger partial charge in [0.25, 0.3) is 0 Å². The Balaban J connectivity index is 1.13. The molecule has 34 heavy (non-hydrogen) atoms. The molecule has 2 N–H and O–H groups in total. The first-order chi connectivity index (χ1) is 16.5. The van der Waals surface area contributed by atoms with Crippen molar-refractivity contribution in [2.45, 2.75) is 58.4 Å². The summed E-state index contributed by atoms with van der Waals surface area (Å²) in [5.74, 6) is 3.40. The van der Waals surface area contributed by atoms with E-state index < -0.39 is 0 Å². The number of nitrogens with one attached hydrogen (secondary N) is 2. The van der Waals surface area contributed by atoms with Crippen molar-refractivity contribution in [2.24, 2.45) is 34.5 Å². The number of H-pyrrole nitrogens is 1.